The zero-order valence-corrected chi connectivity index (χ0v) is 8.74. The maximum Gasteiger partial charge on any atom is 0.213 e. The van der Waals surface area contributed by atoms with Gasteiger partial charge in [-0.3, -0.25) is 0 Å². The molecule has 1 aromatic heterocycles. The van der Waals surface area contributed by atoms with E-state index >= 15 is 0 Å². The lowest BCUT2D eigenvalue weighted by molar-refractivity contribution is 0.396. The first-order valence-corrected chi connectivity index (χ1v) is 4.65. The number of methoxy groups -OCH3 is 1. The lowest BCUT2D eigenvalue weighted by Crippen LogP contribution is -2.02. The molecular formula is C11H17NO. The summed E-state index contributed by atoms with van der Waals surface area (Å²) in [5.41, 5.74) is 1.29. The number of pyridine rings is 1. The number of aromatic nitrogens is 1. The molecule has 1 heterocycles. The Morgan fingerprint density at radius 2 is 2.00 bits per heavy atom. The lowest BCUT2D eigenvalue weighted by Gasteiger charge is -2.15. The van der Waals surface area contributed by atoms with Gasteiger partial charge in [0.15, 0.2) is 0 Å². The molecule has 0 aliphatic carbocycles. The van der Waals surface area contributed by atoms with Crippen molar-refractivity contribution >= 4 is 0 Å². The fourth-order valence-electron chi connectivity index (χ4n) is 1.20. The summed E-state index contributed by atoms with van der Waals surface area (Å²) in [6.45, 7) is 6.66. The van der Waals surface area contributed by atoms with E-state index in [-0.39, 0.29) is 0 Å². The minimum atomic E-state index is 0.553. The highest BCUT2D eigenvalue weighted by molar-refractivity contribution is 5.23. The maximum atomic E-state index is 5.07. The number of ether oxygens (including phenoxy) is 1. The van der Waals surface area contributed by atoms with Crippen molar-refractivity contribution in [3.05, 3.63) is 23.9 Å². The standard InChI is InChI=1S/C11H17NO/c1-8(2)9(3)10-5-6-12-11(7-10)13-4/h5-9H,1-4H3. The van der Waals surface area contributed by atoms with Crippen molar-refractivity contribution in [3.8, 4) is 5.88 Å². The van der Waals surface area contributed by atoms with Gasteiger partial charge in [0.1, 0.15) is 0 Å². The minimum absolute atomic E-state index is 0.553. The van der Waals surface area contributed by atoms with Crippen LogP contribution in [0.1, 0.15) is 32.3 Å². The normalized spacial score (nSPS) is 13.0. The summed E-state index contributed by atoms with van der Waals surface area (Å²) in [6.07, 6.45) is 1.80. The molecule has 0 radical (unpaired) electrons. The third-order valence-electron chi connectivity index (χ3n) is 2.49. The molecule has 1 aromatic rings. The van der Waals surface area contributed by atoms with Crippen LogP contribution < -0.4 is 4.74 Å². The molecule has 72 valence electrons. The molecule has 0 bridgehead atoms. The number of nitrogens with zero attached hydrogens (tertiary/aromatic N) is 1. The van der Waals surface area contributed by atoms with Crippen molar-refractivity contribution in [2.24, 2.45) is 5.92 Å². The van der Waals surface area contributed by atoms with Crippen LogP contribution in [0.4, 0.5) is 0 Å². The zero-order chi connectivity index (χ0) is 9.84. The fraction of sp³-hybridized carbons (Fsp3) is 0.545. The van der Waals surface area contributed by atoms with Crippen LogP contribution in [0.25, 0.3) is 0 Å². The molecule has 2 nitrogen and oxygen atoms in total. The Balaban J connectivity index is 2.88. The predicted octanol–water partition coefficient (Wildman–Crippen LogP) is 2.85. The highest BCUT2D eigenvalue weighted by Gasteiger charge is 2.10. The molecule has 0 spiro atoms. The van der Waals surface area contributed by atoms with Crippen LogP contribution in [-0.4, -0.2) is 12.1 Å². The van der Waals surface area contributed by atoms with E-state index in [0.717, 1.165) is 0 Å². The first-order valence-electron chi connectivity index (χ1n) is 4.65. The van der Waals surface area contributed by atoms with Crippen molar-refractivity contribution in [2.75, 3.05) is 7.11 Å². The van der Waals surface area contributed by atoms with Gasteiger partial charge in [0.05, 0.1) is 7.11 Å². The van der Waals surface area contributed by atoms with Gasteiger partial charge >= 0.3 is 0 Å². The second-order valence-electron chi connectivity index (χ2n) is 3.66. The van der Waals surface area contributed by atoms with Crippen LogP contribution in [0, 0.1) is 5.92 Å². The molecule has 2 heteroatoms. The highest BCUT2D eigenvalue weighted by atomic mass is 16.5. The molecular weight excluding hydrogens is 162 g/mol. The van der Waals surface area contributed by atoms with Gasteiger partial charge in [-0.05, 0) is 23.5 Å². The summed E-state index contributed by atoms with van der Waals surface area (Å²) in [4.78, 5) is 4.08. The van der Waals surface area contributed by atoms with E-state index in [4.69, 9.17) is 4.74 Å². The molecule has 0 saturated heterocycles. The monoisotopic (exact) mass is 179 g/mol. The smallest absolute Gasteiger partial charge is 0.213 e. The van der Waals surface area contributed by atoms with Crippen molar-refractivity contribution in [3.63, 3.8) is 0 Å². The second-order valence-corrected chi connectivity index (χ2v) is 3.66. The fourth-order valence-corrected chi connectivity index (χ4v) is 1.20. The third-order valence-corrected chi connectivity index (χ3v) is 2.49. The van der Waals surface area contributed by atoms with Crippen LogP contribution >= 0.6 is 0 Å². The van der Waals surface area contributed by atoms with Crippen molar-refractivity contribution in [2.45, 2.75) is 26.7 Å². The van der Waals surface area contributed by atoms with Crippen LogP contribution in [0.15, 0.2) is 18.3 Å². The van der Waals surface area contributed by atoms with E-state index in [1.807, 2.05) is 12.1 Å². The molecule has 0 fully saturated rings. The molecule has 0 aliphatic rings. The van der Waals surface area contributed by atoms with Gasteiger partial charge in [-0.15, -0.1) is 0 Å². The zero-order valence-electron chi connectivity index (χ0n) is 8.74. The molecule has 0 aliphatic heterocycles. The van der Waals surface area contributed by atoms with Gasteiger partial charge in [-0.25, -0.2) is 4.98 Å². The average Bonchev–Trinajstić information content (AvgIpc) is 2.16. The predicted molar refractivity (Wildman–Crippen MR) is 54.0 cm³/mol. The summed E-state index contributed by atoms with van der Waals surface area (Å²) in [5.74, 6) is 1.90. The Kier molecular flexibility index (Phi) is 3.29. The summed E-state index contributed by atoms with van der Waals surface area (Å²) in [7, 11) is 1.64. The van der Waals surface area contributed by atoms with Crippen LogP contribution in [0.2, 0.25) is 0 Å². The van der Waals surface area contributed by atoms with Gasteiger partial charge in [0.2, 0.25) is 5.88 Å². The van der Waals surface area contributed by atoms with Gasteiger partial charge < -0.3 is 4.74 Å². The highest BCUT2D eigenvalue weighted by Crippen LogP contribution is 2.24. The van der Waals surface area contributed by atoms with E-state index in [0.29, 0.717) is 17.7 Å². The Bertz CT molecular complexity index is 271. The van der Waals surface area contributed by atoms with E-state index < -0.39 is 0 Å². The number of hydrogen-bond acceptors (Lipinski definition) is 2. The SMILES string of the molecule is COc1cc(C(C)C(C)C)ccn1. The molecule has 1 unspecified atom stereocenters. The largest absolute Gasteiger partial charge is 0.481 e. The maximum absolute atomic E-state index is 5.07. The van der Waals surface area contributed by atoms with E-state index in [2.05, 4.69) is 25.8 Å². The Morgan fingerprint density at radius 1 is 1.31 bits per heavy atom. The molecule has 0 N–H and O–H groups in total. The molecule has 13 heavy (non-hydrogen) atoms. The second kappa shape index (κ2) is 4.26. The Hall–Kier alpha value is -1.05. The molecule has 1 atom stereocenters. The number of hydrogen-bond donors (Lipinski definition) is 0. The van der Waals surface area contributed by atoms with Crippen molar-refractivity contribution in [1.29, 1.82) is 0 Å². The van der Waals surface area contributed by atoms with Gasteiger partial charge in [0.25, 0.3) is 0 Å². The minimum Gasteiger partial charge on any atom is -0.481 e. The van der Waals surface area contributed by atoms with Crippen LogP contribution in [0.3, 0.4) is 0 Å². The van der Waals surface area contributed by atoms with E-state index in [9.17, 15) is 0 Å². The summed E-state index contributed by atoms with van der Waals surface area (Å²) >= 11 is 0. The molecule has 0 saturated carbocycles. The Morgan fingerprint density at radius 3 is 2.54 bits per heavy atom. The molecule has 0 aromatic carbocycles. The van der Waals surface area contributed by atoms with E-state index in [1.54, 1.807) is 13.3 Å². The average molecular weight is 179 g/mol. The van der Waals surface area contributed by atoms with Gasteiger partial charge in [-0.2, -0.15) is 0 Å². The molecule has 0 amide bonds. The molecule has 1 rings (SSSR count). The summed E-state index contributed by atoms with van der Waals surface area (Å²) < 4.78 is 5.07. The van der Waals surface area contributed by atoms with Gasteiger partial charge in [0, 0.05) is 12.3 Å². The lowest BCUT2D eigenvalue weighted by atomic mass is 9.91. The first kappa shape index (κ1) is 10.0. The van der Waals surface area contributed by atoms with E-state index in [1.165, 1.54) is 5.56 Å². The Labute approximate surface area is 80.0 Å². The first-order chi connectivity index (χ1) is 6.15. The van der Waals surface area contributed by atoms with Crippen LogP contribution in [0.5, 0.6) is 5.88 Å². The van der Waals surface area contributed by atoms with Crippen molar-refractivity contribution in [1.82, 2.24) is 4.98 Å². The third kappa shape index (κ3) is 2.44. The summed E-state index contributed by atoms with van der Waals surface area (Å²) in [5, 5.41) is 0. The van der Waals surface area contributed by atoms with Gasteiger partial charge in [-0.1, -0.05) is 20.8 Å². The summed E-state index contributed by atoms with van der Waals surface area (Å²) in [6, 6.07) is 4.05. The van der Waals surface area contributed by atoms with Crippen LogP contribution in [-0.2, 0) is 0 Å². The topological polar surface area (TPSA) is 22.1 Å². The van der Waals surface area contributed by atoms with Crippen molar-refractivity contribution < 1.29 is 4.74 Å². The number of rotatable bonds is 3. The quantitative estimate of drug-likeness (QED) is 0.711.